The Morgan fingerprint density at radius 3 is 2.57 bits per heavy atom. The van der Waals surface area contributed by atoms with Crippen LogP contribution in [0.3, 0.4) is 0 Å². The van der Waals surface area contributed by atoms with Crippen LogP contribution in [0.15, 0.2) is 46.7 Å². The van der Waals surface area contributed by atoms with Gasteiger partial charge in [0.2, 0.25) is 4.88 Å². The van der Waals surface area contributed by atoms with Crippen LogP contribution in [0.4, 0.5) is 13.2 Å². The van der Waals surface area contributed by atoms with Crippen molar-refractivity contribution in [1.82, 2.24) is 14.1 Å². The quantitative estimate of drug-likeness (QED) is 0.179. The Hall–Kier alpha value is -2.55. The first-order valence-electron chi connectivity index (χ1n) is 11.2. The first kappa shape index (κ1) is 29.0. The van der Waals surface area contributed by atoms with Crippen LogP contribution in [-0.2, 0) is 27.1 Å². The van der Waals surface area contributed by atoms with Gasteiger partial charge in [-0.15, -0.1) is 11.8 Å². The van der Waals surface area contributed by atoms with Crippen LogP contribution < -0.4 is 4.74 Å². The van der Waals surface area contributed by atoms with Crippen LogP contribution in [0.5, 0.6) is 5.75 Å². The zero-order valence-electron chi connectivity index (χ0n) is 20.4. The first-order valence-corrected chi connectivity index (χ1v) is 15.4. The van der Waals surface area contributed by atoms with Crippen LogP contribution >= 0.6 is 21.3 Å². The van der Waals surface area contributed by atoms with E-state index in [4.69, 9.17) is 9.84 Å². The lowest BCUT2D eigenvalue weighted by molar-refractivity contribution is -0.143. The SMILES string of the molecule is CCCN(CCSc1ccc(OCC(=O)O)c(C)c1)S(=O)(=O)[s+]1cccc1-c1cc(C(F)(F)F)n(C)n1. The molecule has 0 bridgehead atoms. The van der Waals surface area contributed by atoms with E-state index in [0.717, 1.165) is 16.5 Å². The van der Waals surface area contributed by atoms with Crippen LogP contribution in [-0.4, -0.2) is 59.0 Å². The van der Waals surface area contributed by atoms with Gasteiger partial charge in [0.25, 0.3) is 0 Å². The topological polar surface area (TPSA) is 102 Å². The Morgan fingerprint density at radius 2 is 1.97 bits per heavy atom. The van der Waals surface area contributed by atoms with Crippen molar-refractivity contribution in [3.63, 3.8) is 0 Å². The molecule has 0 aliphatic rings. The van der Waals surface area contributed by atoms with Crippen molar-refractivity contribution in [2.45, 2.75) is 31.3 Å². The molecule has 3 rings (SSSR count). The molecule has 1 unspecified atom stereocenters. The molecule has 0 spiro atoms. The van der Waals surface area contributed by atoms with Crippen molar-refractivity contribution in [1.29, 1.82) is 0 Å². The molecule has 8 nitrogen and oxygen atoms in total. The summed E-state index contributed by atoms with van der Waals surface area (Å²) in [6.07, 6.45) is -4.03. The third-order valence-corrected chi connectivity index (χ3v) is 11.7. The van der Waals surface area contributed by atoms with Gasteiger partial charge in [-0.1, -0.05) is 6.92 Å². The Morgan fingerprint density at radius 1 is 1.24 bits per heavy atom. The molecule has 1 N–H and O–H groups in total. The summed E-state index contributed by atoms with van der Waals surface area (Å²) in [5.41, 5.74) is -0.212. The van der Waals surface area contributed by atoms with Crippen LogP contribution in [0.2, 0.25) is 0 Å². The third-order valence-electron chi connectivity index (χ3n) is 5.21. The molecule has 0 saturated heterocycles. The second-order valence-electron chi connectivity index (χ2n) is 8.01. The minimum Gasteiger partial charge on any atom is -0.482 e. The summed E-state index contributed by atoms with van der Waals surface area (Å²) in [6, 6.07) is 9.19. The van der Waals surface area contributed by atoms with Gasteiger partial charge in [-0.05, 0) is 43.2 Å². The van der Waals surface area contributed by atoms with E-state index in [1.165, 1.54) is 40.6 Å². The summed E-state index contributed by atoms with van der Waals surface area (Å²) in [5.74, 6) is -0.177. The van der Waals surface area contributed by atoms with Gasteiger partial charge in [-0.2, -0.15) is 31.0 Å². The van der Waals surface area contributed by atoms with Crippen LogP contribution in [0.25, 0.3) is 10.6 Å². The standard InChI is InChI=1S/C23H26F3N3O5S3/c1-4-9-29(10-11-35-17-7-8-19(16(2)13-17)34-15-22(30)31)37(32,33)36-12-5-6-20(36)18-14-21(23(24,25)26)28(3)27-18/h5-8,12-14H,4,9-11,15H2,1-3H3/p+1. The summed E-state index contributed by atoms with van der Waals surface area (Å²) in [4.78, 5) is 11.8. The second kappa shape index (κ2) is 11.9. The number of hydrogen-bond donors (Lipinski definition) is 1. The summed E-state index contributed by atoms with van der Waals surface area (Å²) < 4.78 is 74.2. The lowest BCUT2D eigenvalue weighted by Gasteiger charge is -2.17. The molecule has 1 atom stereocenters. The largest absolute Gasteiger partial charge is 0.482 e. The highest BCUT2D eigenvalue weighted by molar-refractivity contribution is 8.38. The molecule has 0 amide bonds. The number of carboxylic acids is 1. The number of thioether (sulfide) groups is 1. The molecule has 2 aromatic heterocycles. The molecule has 202 valence electrons. The fourth-order valence-electron chi connectivity index (χ4n) is 3.54. The molecule has 0 radical (unpaired) electrons. The molecular weight excluding hydrogens is 551 g/mol. The lowest BCUT2D eigenvalue weighted by Crippen LogP contribution is -2.32. The van der Waals surface area contributed by atoms with E-state index in [-0.39, 0.29) is 23.7 Å². The zero-order chi connectivity index (χ0) is 27.4. The maximum Gasteiger partial charge on any atom is 0.433 e. The number of nitrogens with zero attached hydrogens (tertiary/aromatic N) is 3. The van der Waals surface area contributed by atoms with Gasteiger partial charge in [0.05, 0.1) is 0 Å². The van der Waals surface area contributed by atoms with E-state index in [1.54, 1.807) is 19.1 Å². The zero-order valence-corrected chi connectivity index (χ0v) is 22.8. The maximum absolute atomic E-state index is 13.6. The highest BCUT2D eigenvalue weighted by Gasteiger charge is 2.39. The number of alkyl halides is 3. The molecule has 1 aromatic carbocycles. The summed E-state index contributed by atoms with van der Waals surface area (Å²) in [7, 11) is -4.20. The number of rotatable bonds is 12. The van der Waals surface area contributed by atoms with Gasteiger partial charge in [0.1, 0.15) is 26.6 Å². The fraction of sp³-hybridized carbons (Fsp3) is 0.391. The minimum atomic E-state index is -4.60. The van der Waals surface area contributed by atoms with Crippen molar-refractivity contribution in [3.8, 4) is 16.3 Å². The smallest absolute Gasteiger partial charge is 0.433 e. The van der Waals surface area contributed by atoms with E-state index in [0.29, 0.717) is 22.6 Å². The summed E-state index contributed by atoms with van der Waals surface area (Å²) in [6.45, 7) is 3.67. The first-order chi connectivity index (χ1) is 17.3. The number of aliphatic carboxylic acids is 1. The lowest BCUT2D eigenvalue weighted by atomic mass is 10.2. The minimum absolute atomic E-state index is 0.0155. The van der Waals surface area contributed by atoms with E-state index in [9.17, 15) is 26.4 Å². The number of benzene rings is 1. The Bertz CT molecular complexity index is 1350. The average Bonchev–Trinajstić information content (AvgIpc) is 3.44. The van der Waals surface area contributed by atoms with Gasteiger partial charge in [0.15, 0.2) is 12.0 Å². The van der Waals surface area contributed by atoms with Crippen LogP contribution in [0, 0.1) is 6.92 Å². The van der Waals surface area contributed by atoms with Crippen molar-refractivity contribution in [2.75, 3.05) is 25.4 Å². The number of ether oxygens (including phenoxy) is 1. The average molecular weight is 579 g/mol. The number of hydrogen-bond acceptors (Lipinski definition) is 6. The molecule has 0 saturated carbocycles. The molecule has 0 aliphatic heterocycles. The molecule has 3 aromatic rings. The van der Waals surface area contributed by atoms with Gasteiger partial charge in [-0.25, -0.2) is 4.79 Å². The molecular formula is C23H27F3N3O5S3+. The molecule has 37 heavy (non-hydrogen) atoms. The Labute approximate surface area is 219 Å². The number of carboxylic acid groups (broad SMARTS) is 1. The number of thiophene rings is 1. The van der Waals surface area contributed by atoms with Gasteiger partial charge >= 0.3 is 21.2 Å². The summed E-state index contributed by atoms with van der Waals surface area (Å²) in [5, 5.41) is 14.2. The third kappa shape index (κ3) is 7.06. The normalized spacial score (nSPS) is 12.8. The number of carbonyl (C=O) groups is 1. The highest BCUT2D eigenvalue weighted by Crippen LogP contribution is 2.42. The molecule has 14 heteroatoms. The number of aryl methyl sites for hydroxylation is 2. The summed E-state index contributed by atoms with van der Waals surface area (Å²) >= 11 is 1.44. The van der Waals surface area contributed by atoms with E-state index in [2.05, 4.69) is 5.10 Å². The maximum atomic E-state index is 13.6. The number of halogens is 3. The predicted octanol–water partition coefficient (Wildman–Crippen LogP) is 5.22. The fourth-order valence-corrected chi connectivity index (χ4v) is 9.68. The highest BCUT2D eigenvalue weighted by atomic mass is 33.2. The van der Waals surface area contributed by atoms with E-state index < -0.39 is 43.0 Å². The van der Waals surface area contributed by atoms with Crippen LogP contribution in [0.1, 0.15) is 24.6 Å². The van der Waals surface area contributed by atoms with E-state index in [1.807, 2.05) is 13.0 Å². The molecule has 0 fully saturated rings. The molecule has 2 heterocycles. The van der Waals surface area contributed by atoms with Gasteiger partial charge in [-0.3, -0.25) is 4.68 Å². The van der Waals surface area contributed by atoms with E-state index >= 15 is 0 Å². The van der Waals surface area contributed by atoms with Gasteiger partial charge < -0.3 is 9.84 Å². The number of aromatic nitrogens is 2. The molecule has 0 aliphatic carbocycles. The Kier molecular flexibility index (Phi) is 9.32. The van der Waals surface area contributed by atoms with Crippen molar-refractivity contribution in [3.05, 3.63) is 53.0 Å². The van der Waals surface area contributed by atoms with Gasteiger partial charge in [0, 0.05) is 42.9 Å². The van der Waals surface area contributed by atoms with Crippen molar-refractivity contribution in [2.24, 2.45) is 7.05 Å². The second-order valence-corrected chi connectivity index (χ2v) is 14.2. The Balaban J connectivity index is 1.76. The predicted molar refractivity (Wildman–Crippen MR) is 137 cm³/mol. The van der Waals surface area contributed by atoms with Crippen molar-refractivity contribution >= 4 is 36.3 Å². The monoisotopic (exact) mass is 578 g/mol. The van der Waals surface area contributed by atoms with Crippen molar-refractivity contribution < 1.29 is 36.2 Å².